The van der Waals surface area contributed by atoms with Gasteiger partial charge < -0.3 is 15.5 Å². The molecule has 9 nitrogen and oxygen atoms in total. The van der Waals surface area contributed by atoms with Gasteiger partial charge in [-0.2, -0.15) is 4.98 Å². The van der Waals surface area contributed by atoms with Gasteiger partial charge in [0.05, 0.1) is 5.92 Å². The topological polar surface area (TPSA) is 109 Å². The van der Waals surface area contributed by atoms with Gasteiger partial charge in [-0.25, -0.2) is 4.98 Å². The summed E-state index contributed by atoms with van der Waals surface area (Å²) < 4.78 is 1.71. The Bertz CT molecular complexity index is 1250. The monoisotopic (exact) mass is 468 g/mol. The molecule has 1 fully saturated rings. The van der Waals surface area contributed by atoms with Gasteiger partial charge in [0.1, 0.15) is 17.6 Å². The van der Waals surface area contributed by atoms with Crippen LogP contribution in [0.15, 0.2) is 29.3 Å². The van der Waals surface area contributed by atoms with Gasteiger partial charge >= 0.3 is 0 Å². The van der Waals surface area contributed by atoms with Crippen LogP contribution in [-0.2, 0) is 16.1 Å². The number of hydrogen-bond acceptors (Lipinski definition) is 7. The minimum atomic E-state index is -0.296. The largest absolute Gasteiger partial charge is 0.356 e. The Labute approximate surface area is 195 Å². The van der Waals surface area contributed by atoms with Crippen molar-refractivity contribution in [2.75, 3.05) is 29.9 Å². The number of hydrogen-bond donors (Lipinski definition) is 2. The fraction of sp³-hybridized carbons (Fsp3) is 0.435. The summed E-state index contributed by atoms with van der Waals surface area (Å²) in [5.41, 5.74) is 2.87. The number of anilines is 2. The number of piperidine rings is 1. The summed E-state index contributed by atoms with van der Waals surface area (Å²) in [5.74, 6) is -0.335. The lowest BCUT2D eigenvalue weighted by atomic mass is 9.97. The van der Waals surface area contributed by atoms with Crippen LogP contribution in [0, 0.1) is 19.8 Å². The summed E-state index contributed by atoms with van der Waals surface area (Å²) in [4.78, 5) is 48.7. The molecule has 1 aliphatic heterocycles. The Hall–Kier alpha value is -3.27. The van der Waals surface area contributed by atoms with E-state index in [1.807, 2.05) is 43.9 Å². The van der Waals surface area contributed by atoms with E-state index in [1.165, 1.54) is 22.2 Å². The van der Waals surface area contributed by atoms with E-state index >= 15 is 0 Å². The highest BCUT2D eigenvalue weighted by Crippen LogP contribution is 2.29. The van der Waals surface area contributed by atoms with E-state index in [-0.39, 0.29) is 29.8 Å². The van der Waals surface area contributed by atoms with E-state index in [0.717, 1.165) is 36.2 Å². The number of nitrogens with zero attached hydrogens (tertiary/aromatic N) is 4. The molecule has 0 unspecified atom stereocenters. The average Bonchev–Trinajstić information content (AvgIpc) is 3.23. The Morgan fingerprint density at radius 1 is 1.27 bits per heavy atom. The Morgan fingerprint density at radius 3 is 2.85 bits per heavy atom. The molecule has 1 aliphatic rings. The predicted molar refractivity (Wildman–Crippen MR) is 130 cm³/mol. The standard InChI is InChI=1S/C23H28N6O3S/c1-4-24-21(31)16-6-5-9-28(11-16)23-27-20-19(33-23)22(32)29(13-25-20)12-18(30)26-17-8-7-14(2)10-15(17)3/h7-8,10,13,16H,4-6,9,11-12H2,1-3H3,(H,24,31)(H,26,30)/t16-/m1/s1. The van der Waals surface area contributed by atoms with Crippen molar-refractivity contribution in [3.63, 3.8) is 0 Å². The number of carbonyl (C=O) groups is 2. The molecule has 33 heavy (non-hydrogen) atoms. The normalized spacial score (nSPS) is 16.1. The first-order valence-electron chi connectivity index (χ1n) is 11.1. The van der Waals surface area contributed by atoms with Crippen molar-refractivity contribution in [3.05, 3.63) is 46.0 Å². The molecule has 3 heterocycles. The van der Waals surface area contributed by atoms with Crippen LogP contribution in [-0.4, -0.2) is 46.0 Å². The van der Waals surface area contributed by atoms with Crippen LogP contribution < -0.4 is 21.1 Å². The van der Waals surface area contributed by atoms with Crippen molar-refractivity contribution in [2.24, 2.45) is 5.92 Å². The maximum absolute atomic E-state index is 13.0. The Morgan fingerprint density at radius 2 is 2.09 bits per heavy atom. The van der Waals surface area contributed by atoms with Gasteiger partial charge in [0.2, 0.25) is 11.8 Å². The SMILES string of the molecule is CCNC(=O)[C@@H]1CCCN(c2nc3ncn(CC(=O)Nc4ccc(C)cc4C)c(=O)c3s2)C1. The minimum absolute atomic E-state index is 0.0543. The molecule has 0 spiro atoms. The van der Waals surface area contributed by atoms with Gasteiger partial charge in [-0.3, -0.25) is 19.0 Å². The molecule has 4 rings (SSSR count). The highest BCUT2D eigenvalue weighted by Gasteiger charge is 2.27. The van der Waals surface area contributed by atoms with Gasteiger partial charge in [-0.15, -0.1) is 0 Å². The van der Waals surface area contributed by atoms with E-state index in [4.69, 9.17) is 0 Å². The number of fused-ring (bicyclic) bond motifs is 1. The van der Waals surface area contributed by atoms with Crippen molar-refractivity contribution in [1.29, 1.82) is 0 Å². The summed E-state index contributed by atoms with van der Waals surface area (Å²) in [5, 5.41) is 6.43. The highest BCUT2D eigenvalue weighted by molar-refractivity contribution is 7.22. The first kappa shape index (κ1) is 22.9. The van der Waals surface area contributed by atoms with Crippen LogP contribution in [0.1, 0.15) is 30.9 Å². The third-order valence-corrected chi connectivity index (χ3v) is 6.85. The molecule has 2 amide bonds. The second-order valence-electron chi connectivity index (χ2n) is 8.37. The smallest absolute Gasteiger partial charge is 0.273 e. The molecule has 10 heteroatoms. The average molecular weight is 469 g/mol. The number of aromatic nitrogens is 3. The van der Waals surface area contributed by atoms with Gasteiger partial charge in [-0.05, 0) is 45.2 Å². The Kier molecular flexibility index (Phi) is 6.73. The number of aryl methyl sites for hydroxylation is 2. The van der Waals surface area contributed by atoms with Crippen molar-refractivity contribution in [3.8, 4) is 0 Å². The molecule has 1 saturated heterocycles. The summed E-state index contributed by atoms with van der Waals surface area (Å²) in [7, 11) is 0. The summed E-state index contributed by atoms with van der Waals surface area (Å²) >= 11 is 1.26. The van der Waals surface area contributed by atoms with Crippen molar-refractivity contribution in [2.45, 2.75) is 40.2 Å². The van der Waals surface area contributed by atoms with Crippen molar-refractivity contribution >= 4 is 44.3 Å². The molecule has 0 bridgehead atoms. The zero-order valence-corrected chi connectivity index (χ0v) is 19.9. The maximum atomic E-state index is 13.0. The van der Waals surface area contributed by atoms with Crippen LogP contribution >= 0.6 is 11.3 Å². The lowest BCUT2D eigenvalue weighted by Gasteiger charge is -2.31. The second kappa shape index (κ2) is 9.70. The number of rotatable bonds is 6. The molecule has 1 atom stereocenters. The van der Waals surface area contributed by atoms with E-state index in [1.54, 1.807) is 0 Å². The van der Waals surface area contributed by atoms with Crippen molar-refractivity contribution < 1.29 is 9.59 Å². The van der Waals surface area contributed by atoms with E-state index in [9.17, 15) is 14.4 Å². The molecule has 1 aromatic carbocycles. The predicted octanol–water partition coefficient (Wildman–Crippen LogP) is 2.46. The Balaban J connectivity index is 1.50. The third-order valence-electron chi connectivity index (χ3n) is 5.76. The summed E-state index contributed by atoms with van der Waals surface area (Å²) in [6, 6.07) is 5.78. The quantitative estimate of drug-likeness (QED) is 0.575. The molecule has 0 saturated carbocycles. The van der Waals surface area contributed by atoms with Gasteiger partial charge in [-0.1, -0.05) is 29.0 Å². The lowest BCUT2D eigenvalue weighted by Crippen LogP contribution is -2.43. The maximum Gasteiger partial charge on any atom is 0.273 e. The molecule has 174 valence electrons. The fourth-order valence-electron chi connectivity index (χ4n) is 4.06. The molecule has 2 aromatic heterocycles. The lowest BCUT2D eigenvalue weighted by molar-refractivity contribution is -0.125. The number of amides is 2. The van der Waals surface area contributed by atoms with Crippen LogP contribution in [0.2, 0.25) is 0 Å². The van der Waals surface area contributed by atoms with Crippen molar-refractivity contribution in [1.82, 2.24) is 19.9 Å². The number of benzene rings is 1. The zero-order valence-electron chi connectivity index (χ0n) is 19.1. The zero-order chi connectivity index (χ0) is 23.5. The number of thiazole rings is 1. The molecule has 2 N–H and O–H groups in total. The van der Waals surface area contributed by atoms with E-state index < -0.39 is 0 Å². The fourth-order valence-corrected chi connectivity index (χ4v) is 5.07. The van der Waals surface area contributed by atoms with Gasteiger partial charge in [0, 0.05) is 25.3 Å². The molecule has 3 aromatic rings. The molecule has 0 aliphatic carbocycles. The van der Waals surface area contributed by atoms with Crippen LogP contribution in [0.25, 0.3) is 10.3 Å². The molecular formula is C23H28N6O3S. The van der Waals surface area contributed by atoms with Crippen LogP contribution in [0.5, 0.6) is 0 Å². The molecular weight excluding hydrogens is 440 g/mol. The van der Waals surface area contributed by atoms with E-state index in [0.29, 0.717) is 28.6 Å². The summed E-state index contributed by atoms with van der Waals surface area (Å²) in [6.07, 6.45) is 3.09. The third kappa shape index (κ3) is 5.05. The summed E-state index contributed by atoms with van der Waals surface area (Å²) in [6.45, 7) is 7.65. The highest BCUT2D eigenvalue weighted by atomic mass is 32.1. The van der Waals surface area contributed by atoms with Gasteiger partial charge in [0.15, 0.2) is 10.8 Å². The van der Waals surface area contributed by atoms with E-state index in [2.05, 4.69) is 20.6 Å². The minimum Gasteiger partial charge on any atom is -0.356 e. The number of carbonyl (C=O) groups excluding carboxylic acids is 2. The molecule has 0 radical (unpaired) electrons. The number of nitrogens with one attached hydrogen (secondary N) is 2. The van der Waals surface area contributed by atoms with Gasteiger partial charge in [0.25, 0.3) is 5.56 Å². The first-order chi connectivity index (χ1) is 15.9. The second-order valence-corrected chi connectivity index (χ2v) is 9.35. The van der Waals surface area contributed by atoms with Crippen LogP contribution in [0.3, 0.4) is 0 Å². The van der Waals surface area contributed by atoms with Crippen LogP contribution in [0.4, 0.5) is 10.8 Å². The first-order valence-corrected chi connectivity index (χ1v) is 11.9.